The number of nitro groups is 1. The molecule has 154 valence electrons. The lowest BCUT2D eigenvalue weighted by Gasteiger charge is -2.15. The van der Waals surface area contributed by atoms with Gasteiger partial charge in [0.1, 0.15) is 11.5 Å². The van der Waals surface area contributed by atoms with E-state index in [4.69, 9.17) is 14.2 Å². The van der Waals surface area contributed by atoms with Crippen LogP contribution >= 0.6 is 0 Å². The number of amides is 1. The molecule has 2 aromatic carbocycles. The number of non-ortho nitro benzene ring substituents is 1. The van der Waals surface area contributed by atoms with Gasteiger partial charge in [-0.05, 0) is 44.0 Å². The average molecular weight is 402 g/mol. The van der Waals surface area contributed by atoms with Gasteiger partial charge in [-0.15, -0.1) is 0 Å². The Balaban J connectivity index is 1.96. The van der Waals surface area contributed by atoms with E-state index in [1.165, 1.54) is 26.2 Å². The van der Waals surface area contributed by atoms with Crippen LogP contribution in [0.3, 0.4) is 0 Å². The van der Waals surface area contributed by atoms with Gasteiger partial charge in [0.05, 0.1) is 17.7 Å². The number of esters is 1. The molecule has 2 aromatic rings. The second kappa shape index (κ2) is 9.54. The van der Waals surface area contributed by atoms with E-state index in [1.807, 2.05) is 26.0 Å². The molecule has 29 heavy (non-hydrogen) atoms. The molecule has 1 amide bonds. The number of ether oxygens (including phenoxy) is 3. The van der Waals surface area contributed by atoms with Gasteiger partial charge in [-0.1, -0.05) is 12.1 Å². The van der Waals surface area contributed by atoms with Gasteiger partial charge >= 0.3 is 5.97 Å². The zero-order chi connectivity index (χ0) is 21.6. The molecule has 0 unspecified atom stereocenters. The van der Waals surface area contributed by atoms with Crippen molar-refractivity contribution in [3.8, 4) is 11.5 Å². The summed E-state index contributed by atoms with van der Waals surface area (Å²) in [6.45, 7) is 4.78. The molecule has 0 aromatic heterocycles. The van der Waals surface area contributed by atoms with Crippen molar-refractivity contribution in [2.75, 3.05) is 19.0 Å². The number of hydrogen-bond acceptors (Lipinski definition) is 7. The van der Waals surface area contributed by atoms with E-state index in [2.05, 4.69) is 5.32 Å². The summed E-state index contributed by atoms with van der Waals surface area (Å²) >= 11 is 0. The van der Waals surface area contributed by atoms with E-state index >= 15 is 0 Å². The Kier molecular flexibility index (Phi) is 7.13. The summed E-state index contributed by atoms with van der Waals surface area (Å²) in [4.78, 5) is 34.6. The van der Waals surface area contributed by atoms with Gasteiger partial charge in [0.2, 0.25) is 0 Å². The van der Waals surface area contributed by atoms with Crippen LogP contribution in [-0.4, -0.2) is 36.6 Å². The Bertz CT molecular complexity index is 927. The first-order valence-corrected chi connectivity index (χ1v) is 8.74. The summed E-state index contributed by atoms with van der Waals surface area (Å²) in [6, 6.07) is 9.38. The maximum atomic E-state index is 12.3. The van der Waals surface area contributed by atoms with Crippen LogP contribution in [0.2, 0.25) is 0 Å². The number of methoxy groups -OCH3 is 1. The third-order valence-corrected chi connectivity index (χ3v) is 4.02. The fraction of sp³-hybridized carbons (Fsp3) is 0.300. The molecule has 0 saturated heterocycles. The molecule has 1 atom stereocenters. The minimum absolute atomic E-state index is 0.0984. The van der Waals surface area contributed by atoms with E-state index in [0.717, 1.165) is 17.2 Å². The molecule has 0 bridgehead atoms. The predicted molar refractivity (Wildman–Crippen MR) is 105 cm³/mol. The van der Waals surface area contributed by atoms with Gasteiger partial charge in [-0.25, -0.2) is 4.79 Å². The quantitative estimate of drug-likeness (QED) is 0.409. The summed E-state index contributed by atoms with van der Waals surface area (Å²) in [5, 5.41) is 13.4. The third-order valence-electron chi connectivity index (χ3n) is 4.02. The topological polar surface area (TPSA) is 117 Å². The molecular weight excluding hydrogens is 380 g/mol. The number of hydrogen-bond donors (Lipinski definition) is 1. The summed E-state index contributed by atoms with van der Waals surface area (Å²) in [6.07, 6.45) is -1.14. The van der Waals surface area contributed by atoms with Crippen LogP contribution in [0.25, 0.3) is 0 Å². The van der Waals surface area contributed by atoms with E-state index in [0.29, 0.717) is 5.75 Å². The van der Waals surface area contributed by atoms with Gasteiger partial charge in [-0.3, -0.25) is 14.9 Å². The molecular formula is C20H22N2O7. The van der Waals surface area contributed by atoms with Gasteiger partial charge in [0.15, 0.2) is 12.7 Å². The highest BCUT2D eigenvalue weighted by molar-refractivity contribution is 5.96. The van der Waals surface area contributed by atoms with Crippen molar-refractivity contribution in [1.29, 1.82) is 0 Å². The highest BCUT2D eigenvalue weighted by Gasteiger charge is 2.21. The van der Waals surface area contributed by atoms with E-state index in [-0.39, 0.29) is 23.7 Å². The number of anilines is 1. The molecule has 0 spiro atoms. The second-order valence-electron chi connectivity index (χ2n) is 6.32. The lowest BCUT2D eigenvalue weighted by Crippen LogP contribution is -2.31. The number of nitro benzene ring substituents is 1. The maximum absolute atomic E-state index is 12.3. The number of carbonyl (C=O) groups excluding carboxylic acids is 2. The van der Waals surface area contributed by atoms with Crippen LogP contribution in [0, 0.1) is 24.0 Å². The van der Waals surface area contributed by atoms with Gasteiger partial charge in [-0.2, -0.15) is 0 Å². The summed E-state index contributed by atoms with van der Waals surface area (Å²) in [7, 11) is 1.37. The van der Waals surface area contributed by atoms with Crippen molar-refractivity contribution >= 4 is 23.3 Å². The van der Waals surface area contributed by atoms with Crippen molar-refractivity contribution in [1.82, 2.24) is 0 Å². The van der Waals surface area contributed by atoms with Crippen molar-refractivity contribution < 1.29 is 28.7 Å². The van der Waals surface area contributed by atoms with Crippen molar-refractivity contribution in [2.45, 2.75) is 26.9 Å². The van der Waals surface area contributed by atoms with Crippen LogP contribution in [0.5, 0.6) is 11.5 Å². The Morgan fingerprint density at radius 1 is 1.14 bits per heavy atom. The lowest BCUT2D eigenvalue weighted by atomic mass is 10.1. The Morgan fingerprint density at radius 2 is 1.86 bits per heavy atom. The standard InChI is InChI=1S/C20H22N2O7/c1-12-5-6-13(2)18(9-12)28-11-19(23)29-14(3)20(24)21-16-10-15(22(25)26)7-8-17(16)27-4/h5-10,14H,11H2,1-4H3,(H,21,24)/t14-/m1/s1. The van der Waals surface area contributed by atoms with E-state index < -0.39 is 22.9 Å². The Morgan fingerprint density at radius 3 is 2.52 bits per heavy atom. The minimum atomic E-state index is -1.14. The van der Waals surface area contributed by atoms with Crippen LogP contribution in [0.4, 0.5) is 11.4 Å². The molecule has 9 nitrogen and oxygen atoms in total. The lowest BCUT2D eigenvalue weighted by molar-refractivity contribution is -0.384. The number of benzene rings is 2. The first kappa shape index (κ1) is 21.7. The molecule has 9 heteroatoms. The van der Waals surface area contributed by atoms with Crippen molar-refractivity contribution in [2.24, 2.45) is 0 Å². The highest BCUT2D eigenvalue weighted by Crippen LogP contribution is 2.29. The first-order chi connectivity index (χ1) is 13.7. The number of nitrogens with one attached hydrogen (secondary N) is 1. The summed E-state index contributed by atoms with van der Waals surface area (Å²) in [5.74, 6) is -0.593. The first-order valence-electron chi connectivity index (χ1n) is 8.74. The molecule has 0 fully saturated rings. The second-order valence-corrected chi connectivity index (χ2v) is 6.32. The fourth-order valence-corrected chi connectivity index (χ4v) is 2.43. The van der Waals surface area contributed by atoms with Gasteiger partial charge in [0, 0.05) is 12.1 Å². The summed E-state index contributed by atoms with van der Waals surface area (Å²) in [5.41, 5.74) is 1.73. The average Bonchev–Trinajstić information content (AvgIpc) is 2.68. The molecule has 1 N–H and O–H groups in total. The highest BCUT2D eigenvalue weighted by atomic mass is 16.6. The molecule has 0 aliphatic rings. The largest absolute Gasteiger partial charge is 0.495 e. The number of rotatable bonds is 8. The SMILES string of the molecule is COc1ccc([N+](=O)[O-])cc1NC(=O)[C@@H](C)OC(=O)COc1cc(C)ccc1C. The number of aryl methyl sites for hydroxylation is 2. The zero-order valence-corrected chi connectivity index (χ0v) is 16.6. The molecule has 0 heterocycles. The smallest absolute Gasteiger partial charge is 0.344 e. The normalized spacial score (nSPS) is 11.3. The molecule has 0 saturated carbocycles. The van der Waals surface area contributed by atoms with Crippen LogP contribution in [0.15, 0.2) is 36.4 Å². The van der Waals surface area contributed by atoms with Gasteiger partial charge in [0.25, 0.3) is 11.6 Å². The molecule has 0 aliphatic heterocycles. The van der Waals surface area contributed by atoms with Crippen molar-refractivity contribution in [3.05, 3.63) is 57.6 Å². The zero-order valence-electron chi connectivity index (χ0n) is 16.6. The Labute approximate surface area is 167 Å². The van der Waals surface area contributed by atoms with Crippen molar-refractivity contribution in [3.63, 3.8) is 0 Å². The monoisotopic (exact) mass is 402 g/mol. The maximum Gasteiger partial charge on any atom is 0.344 e. The number of nitrogens with zero attached hydrogens (tertiary/aromatic N) is 1. The fourth-order valence-electron chi connectivity index (χ4n) is 2.43. The van der Waals surface area contributed by atoms with Gasteiger partial charge < -0.3 is 19.5 Å². The molecule has 0 radical (unpaired) electrons. The van der Waals surface area contributed by atoms with E-state index in [9.17, 15) is 19.7 Å². The number of carbonyl (C=O) groups is 2. The minimum Gasteiger partial charge on any atom is -0.495 e. The Hall–Kier alpha value is -3.62. The van der Waals surface area contributed by atoms with Crippen LogP contribution in [-0.2, 0) is 14.3 Å². The van der Waals surface area contributed by atoms with E-state index in [1.54, 1.807) is 6.07 Å². The van der Waals surface area contributed by atoms with Crippen LogP contribution in [0.1, 0.15) is 18.1 Å². The van der Waals surface area contributed by atoms with Crippen LogP contribution < -0.4 is 14.8 Å². The summed E-state index contributed by atoms with van der Waals surface area (Å²) < 4.78 is 15.6. The predicted octanol–water partition coefficient (Wildman–Crippen LogP) is 3.17. The molecule has 0 aliphatic carbocycles. The molecule has 2 rings (SSSR count). The third kappa shape index (κ3) is 5.93.